The Hall–Kier alpha value is -3.32. The summed E-state index contributed by atoms with van der Waals surface area (Å²) in [6.07, 6.45) is 0. The van der Waals surface area contributed by atoms with Crippen molar-refractivity contribution in [2.45, 2.75) is 0 Å². The summed E-state index contributed by atoms with van der Waals surface area (Å²) in [5, 5.41) is 6.34. The molecule has 0 bridgehead atoms. The fourth-order valence-corrected chi connectivity index (χ4v) is 3.57. The van der Waals surface area contributed by atoms with Gasteiger partial charge in [-0.3, -0.25) is 14.4 Å². The molecule has 0 radical (unpaired) electrons. The van der Waals surface area contributed by atoms with Gasteiger partial charge in [-0.1, -0.05) is 40.9 Å². The van der Waals surface area contributed by atoms with Crippen LogP contribution >= 0.6 is 34.8 Å². The van der Waals surface area contributed by atoms with E-state index in [2.05, 4.69) is 10.6 Å². The molecule has 1 aliphatic rings. The molecule has 9 heteroatoms. The lowest BCUT2D eigenvalue weighted by Gasteiger charge is -2.15. The number of nitrogens with zero attached hydrogens (tertiary/aromatic N) is 1. The van der Waals surface area contributed by atoms with Crippen molar-refractivity contribution in [1.29, 1.82) is 0 Å². The van der Waals surface area contributed by atoms with Gasteiger partial charge in [-0.05, 0) is 66.7 Å². The number of carbonyl (C=O) groups excluding carboxylic acids is 3. The van der Waals surface area contributed by atoms with Gasteiger partial charge < -0.3 is 10.6 Å². The molecule has 32 heavy (non-hydrogen) atoms. The zero-order chi connectivity index (χ0) is 22.8. The molecule has 6 nitrogen and oxygen atoms in total. The van der Waals surface area contributed by atoms with Gasteiger partial charge in [0, 0.05) is 27.0 Å². The van der Waals surface area contributed by atoms with Gasteiger partial charge in [0.15, 0.2) is 0 Å². The van der Waals surface area contributed by atoms with Gasteiger partial charge in [0.1, 0.15) is 10.7 Å². The zero-order valence-electron chi connectivity index (χ0n) is 16.2. The smallest absolute Gasteiger partial charge is 0.283 e. The van der Waals surface area contributed by atoms with Crippen molar-refractivity contribution in [2.75, 3.05) is 15.5 Å². The van der Waals surface area contributed by atoms with E-state index in [1.165, 1.54) is 6.07 Å². The van der Waals surface area contributed by atoms with E-state index in [1.54, 1.807) is 66.7 Å². The van der Waals surface area contributed by atoms with Crippen LogP contribution in [0.2, 0.25) is 10.0 Å². The third-order valence-electron chi connectivity index (χ3n) is 4.61. The highest BCUT2D eigenvalue weighted by Gasteiger charge is 2.39. The van der Waals surface area contributed by atoms with E-state index in [-0.39, 0.29) is 16.6 Å². The van der Waals surface area contributed by atoms with Crippen LogP contribution in [0.15, 0.2) is 83.5 Å². The van der Waals surface area contributed by atoms with Gasteiger partial charge in [0.25, 0.3) is 17.7 Å². The fourth-order valence-electron chi connectivity index (χ4n) is 3.05. The quantitative estimate of drug-likeness (QED) is 0.455. The molecule has 0 saturated heterocycles. The molecule has 0 aliphatic carbocycles. The maximum Gasteiger partial charge on any atom is 0.283 e. The number of amides is 3. The second kappa shape index (κ2) is 9.04. The molecular weight excluding hydrogens is 473 g/mol. The minimum atomic E-state index is -0.652. The summed E-state index contributed by atoms with van der Waals surface area (Å²) in [6.45, 7) is 0. The summed E-state index contributed by atoms with van der Waals surface area (Å²) < 4.78 is 0. The summed E-state index contributed by atoms with van der Waals surface area (Å²) in [6, 6.07) is 19.5. The van der Waals surface area contributed by atoms with Crippen molar-refractivity contribution >= 4 is 69.6 Å². The van der Waals surface area contributed by atoms with Crippen LogP contribution in [0.4, 0.5) is 17.1 Å². The SMILES string of the molecule is O=C(Nc1ccc(Cl)cc1)c1ccc(NC2=C(Cl)C(=O)N(c3cccc(Cl)c3)C2=O)cc1. The highest BCUT2D eigenvalue weighted by molar-refractivity contribution is 6.53. The second-order valence-electron chi connectivity index (χ2n) is 6.78. The number of halogens is 3. The number of benzene rings is 3. The monoisotopic (exact) mass is 485 g/mol. The molecule has 1 aliphatic heterocycles. The van der Waals surface area contributed by atoms with E-state index in [0.29, 0.717) is 32.7 Å². The van der Waals surface area contributed by atoms with Gasteiger partial charge >= 0.3 is 0 Å². The van der Waals surface area contributed by atoms with Crippen LogP contribution in [0.25, 0.3) is 0 Å². The van der Waals surface area contributed by atoms with Crippen molar-refractivity contribution in [3.05, 3.63) is 99.1 Å². The van der Waals surface area contributed by atoms with Crippen LogP contribution in [-0.4, -0.2) is 17.7 Å². The van der Waals surface area contributed by atoms with Crippen molar-refractivity contribution in [1.82, 2.24) is 0 Å². The Labute approximate surface area is 198 Å². The zero-order valence-corrected chi connectivity index (χ0v) is 18.5. The molecule has 3 amide bonds. The summed E-state index contributed by atoms with van der Waals surface area (Å²) in [5.41, 5.74) is 1.75. The maximum absolute atomic E-state index is 12.8. The van der Waals surface area contributed by atoms with Gasteiger partial charge in [-0.15, -0.1) is 0 Å². The van der Waals surface area contributed by atoms with E-state index in [0.717, 1.165) is 4.90 Å². The van der Waals surface area contributed by atoms with Crippen LogP contribution < -0.4 is 15.5 Å². The third kappa shape index (κ3) is 4.48. The number of nitrogens with one attached hydrogen (secondary N) is 2. The molecule has 0 atom stereocenters. The lowest BCUT2D eigenvalue weighted by Crippen LogP contribution is -2.32. The number of imide groups is 1. The summed E-state index contributed by atoms with van der Waals surface area (Å²) in [5.74, 6) is -1.57. The normalized spacial score (nSPS) is 13.5. The number of hydrogen-bond donors (Lipinski definition) is 2. The Bertz CT molecular complexity index is 1260. The Kier molecular flexibility index (Phi) is 6.19. The first kappa shape index (κ1) is 21.9. The first-order chi connectivity index (χ1) is 15.3. The maximum atomic E-state index is 12.8. The van der Waals surface area contributed by atoms with Gasteiger partial charge in [0.05, 0.1) is 5.69 Å². The molecule has 0 spiro atoms. The molecule has 3 aromatic rings. The molecule has 4 rings (SSSR count). The minimum absolute atomic E-state index is 0.0602. The molecular formula is C23H14Cl3N3O3. The molecule has 2 N–H and O–H groups in total. The fraction of sp³-hybridized carbons (Fsp3) is 0. The number of rotatable bonds is 5. The van der Waals surface area contributed by atoms with Crippen molar-refractivity contribution in [3.8, 4) is 0 Å². The molecule has 0 saturated carbocycles. The first-order valence-electron chi connectivity index (χ1n) is 9.31. The Morgan fingerprint density at radius 2 is 1.41 bits per heavy atom. The van der Waals surface area contributed by atoms with Gasteiger partial charge in [-0.25, -0.2) is 4.90 Å². The van der Waals surface area contributed by atoms with Crippen LogP contribution in [-0.2, 0) is 9.59 Å². The average molecular weight is 487 g/mol. The molecule has 0 aromatic heterocycles. The Balaban J connectivity index is 1.48. The van der Waals surface area contributed by atoms with E-state index in [9.17, 15) is 14.4 Å². The molecule has 3 aromatic carbocycles. The molecule has 0 unspecified atom stereocenters. The highest BCUT2D eigenvalue weighted by atomic mass is 35.5. The minimum Gasteiger partial charge on any atom is -0.350 e. The number of hydrogen-bond acceptors (Lipinski definition) is 4. The van der Waals surface area contributed by atoms with Crippen LogP contribution in [0.1, 0.15) is 10.4 Å². The average Bonchev–Trinajstić information content (AvgIpc) is 2.99. The van der Waals surface area contributed by atoms with Crippen molar-refractivity contribution in [3.63, 3.8) is 0 Å². The lowest BCUT2D eigenvalue weighted by molar-refractivity contribution is -0.120. The summed E-state index contributed by atoms with van der Waals surface area (Å²) in [4.78, 5) is 38.7. The molecule has 160 valence electrons. The Morgan fingerprint density at radius 1 is 0.750 bits per heavy atom. The number of anilines is 3. The second-order valence-corrected chi connectivity index (χ2v) is 8.03. The van der Waals surface area contributed by atoms with Gasteiger partial charge in [0.2, 0.25) is 0 Å². The number of carbonyl (C=O) groups is 3. The predicted octanol–water partition coefficient (Wildman–Crippen LogP) is 5.68. The van der Waals surface area contributed by atoms with E-state index in [1.807, 2.05) is 0 Å². The lowest BCUT2D eigenvalue weighted by atomic mass is 10.2. The summed E-state index contributed by atoms with van der Waals surface area (Å²) in [7, 11) is 0. The Morgan fingerprint density at radius 3 is 2.06 bits per heavy atom. The standard InChI is InChI=1S/C23H14Cl3N3O3/c24-14-6-10-17(11-7-14)28-21(30)13-4-8-16(9-5-13)27-20-19(26)22(31)29(23(20)32)18-3-1-2-15(25)12-18/h1-12,27H,(H,28,30). The van der Waals surface area contributed by atoms with E-state index >= 15 is 0 Å². The largest absolute Gasteiger partial charge is 0.350 e. The van der Waals surface area contributed by atoms with E-state index in [4.69, 9.17) is 34.8 Å². The third-order valence-corrected chi connectivity index (χ3v) is 5.45. The van der Waals surface area contributed by atoms with Crippen molar-refractivity contribution in [2.24, 2.45) is 0 Å². The van der Waals surface area contributed by atoms with Crippen molar-refractivity contribution < 1.29 is 14.4 Å². The summed E-state index contributed by atoms with van der Waals surface area (Å²) >= 11 is 18.0. The molecule has 0 fully saturated rings. The van der Waals surface area contributed by atoms with Crippen LogP contribution in [0.5, 0.6) is 0 Å². The van der Waals surface area contributed by atoms with Crippen LogP contribution in [0, 0.1) is 0 Å². The van der Waals surface area contributed by atoms with Gasteiger partial charge in [-0.2, -0.15) is 0 Å². The predicted molar refractivity (Wildman–Crippen MR) is 126 cm³/mol. The highest BCUT2D eigenvalue weighted by Crippen LogP contribution is 2.31. The van der Waals surface area contributed by atoms with Crippen LogP contribution in [0.3, 0.4) is 0 Å². The first-order valence-corrected chi connectivity index (χ1v) is 10.4. The van der Waals surface area contributed by atoms with E-state index < -0.39 is 11.8 Å². The topological polar surface area (TPSA) is 78.5 Å². The molecule has 1 heterocycles.